The van der Waals surface area contributed by atoms with E-state index in [4.69, 9.17) is 5.11 Å². The Labute approximate surface area is 114 Å². The molecule has 2 amide bonds. The van der Waals surface area contributed by atoms with Gasteiger partial charge in [-0.15, -0.1) is 0 Å². The van der Waals surface area contributed by atoms with Crippen LogP contribution in [0.25, 0.3) is 0 Å². The third kappa shape index (κ3) is 5.06. The Bertz CT molecular complexity index is 331. The summed E-state index contributed by atoms with van der Waals surface area (Å²) in [6.07, 6.45) is 2.47. The lowest BCUT2D eigenvalue weighted by Crippen LogP contribution is -2.48. The van der Waals surface area contributed by atoms with Gasteiger partial charge < -0.3 is 15.7 Å². The summed E-state index contributed by atoms with van der Waals surface area (Å²) in [6.45, 7) is 5.91. The van der Waals surface area contributed by atoms with Gasteiger partial charge in [0.25, 0.3) is 0 Å². The van der Waals surface area contributed by atoms with Gasteiger partial charge in [-0.1, -0.05) is 0 Å². The maximum atomic E-state index is 11.7. The van der Waals surface area contributed by atoms with Crippen LogP contribution < -0.4 is 10.6 Å². The molecule has 0 aromatic rings. The van der Waals surface area contributed by atoms with Gasteiger partial charge in [-0.3, -0.25) is 9.69 Å². The standard InChI is InChI=1S/C13H25N3O3/c1-8(16(4)11-5-6-11)7-14-13(19)15-10(3)9(2)12(17)18/h8-11H,5-7H2,1-4H3,(H,17,18)(H2,14,15,19). The van der Waals surface area contributed by atoms with Crippen LogP contribution in [0.3, 0.4) is 0 Å². The second-order valence-corrected chi connectivity index (χ2v) is 5.52. The number of hydrogen-bond acceptors (Lipinski definition) is 3. The Hall–Kier alpha value is -1.30. The number of carbonyl (C=O) groups is 2. The highest BCUT2D eigenvalue weighted by atomic mass is 16.4. The molecule has 0 heterocycles. The number of nitrogens with one attached hydrogen (secondary N) is 2. The van der Waals surface area contributed by atoms with Crippen molar-refractivity contribution in [1.82, 2.24) is 15.5 Å². The molecule has 0 spiro atoms. The highest BCUT2D eigenvalue weighted by Gasteiger charge is 2.29. The Kier molecular flexibility index (Phi) is 5.60. The fourth-order valence-corrected chi connectivity index (χ4v) is 1.82. The Morgan fingerprint density at radius 1 is 1.32 bits per heavy atom. The topological polar surface area (TPSA) is 81.7 Å². The van der Waals surface area contributed by atoms with E-state index in [-0.39, 0.29) is 12.1 Å². The molecule has 19 heavy (non-hydrogen) atoms. The number of amides is 2. The van der Waals surface area contributed by atoms with Crippen LogP contribution in [0.5, 0.6) is 0 Å². The lowest BCUT2D eigenvalue weighted by molar-refractivity contribution is -0.141. The number of carbonyl (C=O) groups excluding carboxylic acids is 1. The maximum absolute atomic E-state index is 11.7. The van der Waals surface area contributed by atoms with Gasteiger partial charge in [0, 0.05) is 24.7 Å². The van der Waals surface area contributed by atoms with Crippen molar-refractivity contribution in [2.24, 2.45) is 5.92 Å². The largest absolute Gasteiger partial charge is 0.481 e. The Morgan fingerprint density at radius 3 is 2.37 bits per heavy atom. The molecule has 1 aliphatic rings. The van der Waals surface area contributed by atoms with Crippen molar-refractivity contribution in [3.05, 3.63) is 0 Å². The zero-order valence-electron chi connectivity index (χ0n) is 12.1. The van der Waals surface area contributed by atoms with Crippen LogP contribution in [0.4, 0.5) is 4.79 Å². The van der Waals surface area contributed by atoms with Gasteiger partial charge >= 0.3 is 12.0 Å². The van der Waals surface area contributed by atoms with E-state index in [0.717, 1.165) is 0 Å². The third-order valence-electron chi connectivity index (χ3n) is 3.87. The van der Waals surface area contributed by atoms with E-state index in [1.807, 2.05) is 0 Å². The highest BCUT2D eigenvalue weighted by Crippen LogP contribution is 2.26. The van der Waals surface area contributed by atoms with Crippen molar-refractivity contribution in [2.45, 2.75) is 51.7 Å². The summed E-state index contributed by atoms with van der Waals surface area (Å²) in [5.74, 6) is -1.51. The molecule has 1 rings (SSSR count). The zero-order chi connectivity index (χ0) is 14.6. The first-order valence-corrected chi connectivity index (χ1v) is 6.82. The molecule has 0 saturated heterocycles. The monoisotopic (exact) mass is 271 g/mol. The van der Waals surface area contributed by atoms with Crippen molar-refractivity contribution in [3.8, 4) is 0 Å². The van der Waals surface area contributed by atoms with E-state index in [2.05, 4.69) is 29.5 Å². The van der Waals surface area contributed by atoms with Crippen molar-refractivity contribution < 1.29 is 14.7 Å². The number of urea groups is 1. The molecule has 0 aromatic carbocycles. The molecule has 3 N–H and O–H groups in total. The average Bonchev–Trinajstić information content (AvgIpc) is 3.17. The van der Waals surface area contributed by atoms with E-state index < -0.39 is 17.9 Å². The van der Waals surface area contributed by atoms with Crippen molar-refractivity contribution in [1.29, 1.82) is 0 Å². The molecule has 110 valence electrons. The minimum Gasteiger partial charge on any atom is -0.481 e. The summed E-state index contributed by atoms with van der Waals surface area (Å²) in [6, 6.07) is 0.238. The molecular weight excluding hydrogens is 246 g/mol. The van der Waals surface area contributed by atoms with Crippen molar-refractivity contribution in [2.75, 3.05) is 13.6 Å². The molecular formula is C13H25N3O3. The van der Waals surface area contributed by atoms with Crippen LogP contribution in [-0.2, 0) is 4.79 Å². The van der Waals surface area contributed by atoms with Crippen LogP contribution in [0.2, 0.25) is 0 Å². The second kappa shape index (κ2) is 6.75. The van der Waals surface area contributed by atoms with Gasteiger partial charge in [0.1, 0.15) is 0 Å². The second-order valence-electron chi connectivity index (χ2n) is 5.52. The van der Waals surface area contributed by atoms with Crippen LogP contribution in [0.1, 0.15) is 33.6 Å². The van der Waals surface area contributed by atoms with E-state index in [1.54, 1.807) is 13.8 Å². The van der Waals surface area contributed by atoms with Crippen LogP contribution in [0, 0.1) is 5.92 Å². The smallest absolute Gasteiger partial charge is 0.315 e. The normalized spacial score (nSPS) is 19.6. The van der Waals surface area contributed by atoms with Crippen LogP contribution in [-0.4, -0.2) is 53.7 Å². The van der Waals surface area contributed by atoms with E-state index >= 15 is 0 Å². The van der Waals surface area contributed by atoms with Crippen molar-refractivity contribution in [3.63, 3.8) is 0 Å². The number of rotatable bonds is 7. The molecule has 0 bridgehead atoms. The lowest BCUT2D eigenvalue weighted by atomic mass is 10.0. The number of aliphatic carboxylic acids is 1. The molecule has 0 aliphatic heterocycles. The van der Waals surface area contributed by atoms with Crippen LogP contribution in [0.15, 0.2) is 0 Å². The molecule has 6 heteroatoms. The lowest BCUT2D eigenvalue weighted by Gasteiger charge is -2.25. The number of carboxylic acid groups (broad SMARTS) is 1. The average molecular weight is 271 g/mol. The van der Waals surface area contributed by atoms with Gasteiger partial charge in [-0.25, -0.2) is 4.79 Å². The van der Waals surface area contributed by atoms with Gasteiger partial charge in [0.2, 0.25) is 0 Å². The third-order valence-corrected chi connectivity index (χ3v) is 3.87. The molecule has 3 unspecified atom stereocenters. The summed E-state index contributed by atoms with van der Waals surface area (Å²) in [7, 11) is 2.07. The summed E-state index contributed by atoms with van der Waals surface area (Å²) in [5, 5.41) is 14.3. The molecule has 1 fully saturated rings. The molecule has 0 radical (unpaired) electrons. The Balaban J connectivity index is 2.25. The molecule has 6 nitrogen and oxygen atoms in total. The molecule has 0 aromatic heterocycles. The summed E-state index contributed by atoms with van der Waals surface area (Å²) in [5.41, 5.74) is 0. The quantitative estimate of drug-likeness (QED) is 0.642. The minimum atomic E-state index is -0.908. The van der Waals surface area contributed by atoms with Gasteiger partial charge in [-0.2, -0.15) is 0 Å². The number of carboxylic acids is 1. The van der Waals surface area contributed by atoms with Gasteiger partial charge in [-0.05, 0) is 40.7 Å². The molecule has 1 aliphatic carbocycles. The SMILES string of the molecule is CC(NC(=O)NCC(C)N(C)C1CC1)C(C)C(=O)O. The summed E-state index contributed by atoms with van der Waals surface area (Å²) < 4.78 is 0. The first-order valence-electron chi connectivity index (χ1n) is 6.82. The molecule has 3 atom stereocenters. The molecule has 1 saturated carbocycles. The van der Waals surface area contributed by atoms with E-state index in [0.29, 0.717) is 12.6 Å². The predicted molar refractivity (Wildman–Crippen MR) is 73.0 cm³/mol. The fourth-order valence-electron chi connectivity index (χ4n) is 1.82. The van der Waals surface area contributed by atoms with E-state index in [1.165, 1.54) is 12.8 Å². The Morgan fingerprint density at radius 2 is 1.89 bits per heavy atom. The number of nitrogens with zero attached hydrogens (tertiary/aromatic N) is 1. The first-order chi connectivity index (χ1) is 8.82. The predicted octanol–water partition coefficient (Wildman–Crippen LogP) is 0.878. The van der Waals surface area contributed by atoms with Crippen molar-refractivity contribution >= 4 is 12.0 Å². The van der Waals surface area contributed by atoms with Crippen LogP contribution >= 0.6 is 0 Å². The van der Waals surface area contributed by atoms with E-state index in [9.17, 15) is 9.59 Å². The highest BCUT2D eigenvalue weighted by molar-refractivity contribution is 5.76. The number of likely N-dealkylation sites (N-methyl/N-ethyl adjacent to an activating group) is 1. The zero-order valence-corrected chi connectivity index (χ0v) is 12.1. The van der Waals surface area contributed by atoms with Gasteiger partial charge in [0.15, 0.2) is 0 Å². The minimum absolute atomic E-state index is 0.283. The first kappa shape index (κ1) is 15.8. The number of hydrogen-bond donors (Lipinski definition) is 3. The van der Waals surface area contributed by atoms with Gasteiger partial charge in [0.05, 0.1) is 5.92 Å². The maximum Gasteiger partial charge on any atom is 0.315 e. The summed E-state index contributed by atoms with van der Waals surface area (Å²) in [4.78, 5) is 24.7. The summed E-state index contributed by atoms with van der Waals surface area (Å²) >= 11 is 0. The fraction of sp³-hybridized carbons (Fsp3) is 0.846.